The maximum Gasteiger partial charge on any atom is 0.116 e. The van der Waals surface area contributed by atoms with Gasteiger partial charge in [0.05, 0.1) is 16.9 Å². The summed E-state index contributed by atoms with van der Waals surface area (Å²) < 4.78 is 2.83. The van der Waals surface area contributed by atoms with Gasteiger partial charge in [0.2, 0.25) is 0 Å². The summed E-state index contributed by atoms with van der Waals surface area (Å²) in [5, 5.41) is 5.19. The van der Waals surface area contributed by atoms with Crippen molar-refractivity contribution in [3.8, 4) is 11.4 Å². The third-order valence-corrected chi connectivity index (χ3v) is 3.15. The van der Waals surface area contributed by atoms with Gasteiger partial charge in [0.1, 0.15) is 6.33 Å². The molecule has 0 atom stereocenters. The zero-order valence-corrected chi connectivity index (χ0v) is 10.7. The predicted molar refractivity (Wildman–Crippen MR) is 69.4 cm³/mol. The van der Waals surface area contributed by atoms with Crippen LogP contribution in [0.3, 0.4) is 0 Å². The highest BCUT2D eigenvalue weighted by Gasteiger charge is 2.09. The van der Waals surface area contributed by atoms with Crippen molar-refractivity contribution < 1.29 is 0 Å². The van der Waals surface area contributed by atoms with Crippen molar-refractivity contribution in [3.63, 3.8) is 0 Å². The number of nitrogens with zero attached hydrogens (tertiary/aromatic N) is 4. The zero-order valence-electron chi connectivity index (χ0n) is 9.13. The van der Waals surface area contributed by atoms with Gasteiger partial charge in [0, 0.05) is 23.1 Å². The molecule has 5 heteroatoms. The van der Waals surface area contributed by atoms with Crippen molar-refractivity contribution in [2.45, 2.75) is 0 Å². The molecular formula is C12H9BrN4. The smallest absolute Gasteiger partial charge is 0.116 e. The third kappa shape index (κ3) is 1.72. The SMILES string of the molecule is Cn1nccc1-c1ncnc2ccc(Br)cc12. The Bertz CT molecular complexity index is 690. The van der Waals surface area contributed by atoms with Crippen molar-refractivity contribution in [2.24, 2.45) is 7.05 Å². The molecule has 1 aromatic carbocycles. The number of rotatable bonds is 1. The van der Waals surface area contributed by atoms with Gasteiger partial charge < -0.3 is 0 Å². The van der Waals surface area contributed by atoms with Crippen LogP contribution in [-0.4, -0.2) is 19.7 Å². The Kier molecular flexibility index (Phi) is 2.40. The first kappa shape index (κ1) is 10.4. The van der Waals surface area contributed by atoms with Crippen LogP contribution in [0.4, 0.5) is 0 Å². The third-order valence-electron chi connectivity index (χ3n) is 2.66. The lowest BCUT2D eigenvalue weighted by Crippen LogP contribution is -1.96. The number of hydrogen-bond acceptors (Lipinski definition) is 3. The van der Waals surface area contributed by atoms with Crippen LogP contribution in [-0.2, 0) is 7.05 Å². The Hall–Kier alpha value is -1.75. The molecule has 0 bridgehead atoms. The lowest BCUT2D eigenvalue weighted by molar-refractivity contribution is 0.774. The van der Waals surface area contributed by atoms with Crippen molar-refractivity contribution in [2.75, 3.05) is 0 Å². The van der Waals surface area contributed by atoms with Crippen LogP contribution in [0.5, 0.6) is 0 Å². The lowest BCUT2D eigenvalue weighted by atomic mass is 10.1. The van der Waals surface area contributed by atoms with E-state index in [1.165, 1.54) is 0 Å². The van der Waals surface area contributed by atoms with Crippen LogP contribution in [0, 0.1) is 0 Å². The van der Waals surface area contributed by atoms with Gasteiger partial charge in [-0.15, -0.1) is 0 Å². The summed E-state index contributed by atoms with van der Waals surface area (Å²) in [7, 11) is 1.90. The molecule has 0 unspecified atom stereocenters. The van der Waals surface area contributed by atoms with Gasteiger partial charge in [0.15, 0.2) is 0 Å². The minimum Gasteiger partial charge on any atom is -0.266 e. The fourth-order valence-electron chi connectivity index (χ4n) is 1.84. The summed E-state index contributed by atoms with van der Waals surface area (Å²) in [6.45, 7) is 0. The normalized spacial score (nSPS) is 10.9. The van der Waals surface area contributed by atoms with E-state index in [0.717, 1.165) is 26.8 Å². The summed E-state index contributed by atoms with van der Waals surface area (Å²) in [5.41, 5.74) is 2.81. The topological polar surface area (TPSA) is 43.6 Å². The second-order valence-corrected chi connectivity index (χ2v) is 4.64. The van der Waals surface area contributed by atoms with Gasteiger partial charge in [0.25, 0.3) is 0 Å². The van der Waals surface area contributed by atoms with E-state index >= 15 is 0 Å². The molecule has 17 heavy (non-hydrogen) atoms. The minimum absolute atomic E-state index is 0.899. The number of hydrogen-bond donors (Lipinski definition) is 0. The molecule has 0 spiro atoms. The average Bonchev–Trinajstić information content (AvgIpc) is 2.74. The van der Waals surface area contributed by atoms with Crippen LogP contribution in [0.1, 0.15) is 0 Å². The maximum atomic E-state index is 4.36. The number of fused-ring (bicyclic) bond motifs is 1. The zero-order chi connectivity index (χ0) is 11.8. The molecule has 84 valence electrons. The van der Waals surface area contributed by atoms with Crippen molar-refractivity contribution >= 4 is 26.8 Å². The molecule has 0 aliphatic carbocycles. The van der Waals surface area contributed by atoms with Crippen molar-refractivity contribution in [3.05, 3.63) is 41.3 Å². The van der Waals surface area contributed by atoms with Gasteiger partial charge in [-0.3, -0.25) is 4.68 Å². The summed E-state index contributed by atoms with van der Waals surface area (Å²) in [5.74, 6) is 0. The Morgan fingerprint density at radius 2 is 2.06 bits per heavy atom. The number of benzene rings is 1. The van der Waals surface area contributed by atoms with Gasteiger partial charge in [-0.1, -0.05) is 15.9 Å². The number of halogens is 1. The number of aryl methyl sites for hydroxylation is 1. The monoisotopic (exact) mass is 288 g/mol. The Labute approximate surface area is 106 Å². The standard InChI is InChI=1S/C12H9BrN4/c1-17-11(4-5-16-17)12-9-6-8(13)2-3-10(9)14-7-15-12/h2-7H,1H3. The average molecular weight is 289 g/mol. The molecule has 2 heterocycles. The van der Waals surface area contributed by atoms with Crippen molar-refractivity contribution in [1.82, 2.24) is 19.7 Å². The molecule has 4 nitrogen and oxygen atoms in total. The highest BCUT2D eigenvalue weighted by Crippen LogP contribution is 2.26. The van der Waals surface area contributed by atoms with Crippen LogP contribution in [0.2, 0.25) is 0 Å². The Morgan fingerprint density at radius 3 is 2.82 bits per heavy atom. The summed E-state index contributed by atoms with van der Waals surface area (Å²) in [6, 6.07) is 7.92. The molecule has 0 saturated heterocycles. The van der Waals surface area contributed by atoms with E-state index in [1.54, 1.807) is 12.5 Å². The quantitative estimate of drug-likeness (QED) is 0.692. The molecule has 0 aliphatic heterocycles. The molecule has 0 fully saturated rings. The van der Waals surface area contributed by atoms with Crippen LogP contribution >= 0.6 is 15.9 Å². The van der Waals surface area contributed by atoms with Crippen LogP contribution < -0.4 is 0 Å². The first-order valence-electron chi connectivity index (χ1n) is 5.14. The minimum atomic E-state index is 0.899. The maximum absolute atomic E-state index is 4.36. The molecule has 0 N–H and O–H groups in total. The van der Waals surface area contributed by atoms with Gasteiger partial charge in [-0.25, -0.2) is 9.97 Å². The molecule has 0 amide bonds. The summed E-state index contributed by atoms with van der Waals surface area (Å²) >= 11 is 3.47. The van der Waals surface area contributed by atoms with E-state index < -0.39 is 0 Å². The van der Waals surface area contributed by atoms with E-state index in [2.05, 4.69) is 31.0 Å². The lowest BCUT2D eigenvalue weighted by Gasteiger charge is -2.05. The van der Waals surface area contributed by atoms with E-state index in [-0.39, 0.29) is 0 Å². The Balaban J connectivity index is 2.37. The summed E-state index contributed by atoms with van der Waals surface area (Å²) in [4.78, 5) is 8.62. The first-order valence-corrected chi connectivity index (χ1v) is 5.93. The molecule has 2 aromatic heterocycles. The highest BCUT2D eigenvalue weighted by molar-refractivity contribution is 9.10. The van der Waals surface area contributed by atoms with Gasteiger partial charge in [-0.2, -0.15) is 5.10 Å². The molecule has 3 rings (SSSR count). The van der Waals surface area contributed by atoms with E-state index in [0.29, 0.717) is 0 Å². The molecule has 0 radical (unpaired) electrons. The Morgan fingerprint density at radius 1 is 1.18 bits per heavy atom. The fourth-order valence-corrected chi connectivity index (χ4v) is 2.20. The van der Waals surface area contributed by atoms with E-state index in [4.69, 9.17) is 0 Å². The summed E-state index contributed by atoms with van der Waals surface area (Å²) in [6.07, 6.45) is 3.35. The van der Waals surface area contributed by atoms with E-state index in [9.17, 15) is 0 Å². The highest BCUT2D eigenvalue weighted by atomic mass is 79.9. The van der Waals surface area contributed by atoms with Crippen LogP contribution in [0.15, 0.2) is 41.3 Å². The molecule has 0 aliphatic rings. The molecular weight excluding hydrogens is 280 g/mol. The second-order valence-electron chi connectivity index (χ2n) is 3.72. The molecule has 3 aromatic rings. The largest absolute Gasteiger partial charge is 0.266 e. The first-order chi connectivity index (χ1) is 8.25. The van der Waals surface area contributed by atoms with E-state index in [1.807, 2.05) is 36.0 Å². The predicted octanol–water partition coefficient (Wildman–Crippen LogP) is 2.79. The van der Waals surface area contributed by atoms with Gasteiger partial charge >= 0.3 is 0 Å². The van der Waals surface area contributed by atoms with Crippen molar-refractivity contribution in [1.29, 1.82) is 0 Å². The fraction of sp³-hybridized carbons (Fsp3) is 0.0833. The molecule has 0 saturated carbocycles. The number of aromatic nitrogens is 4. The van der Waals surface area contributed by atoms with Crippen LogP contribution in [0.25, 0.3) is 22.3 Å². The van der Waals surface area contributed by atoms with Gasteiger partial charge in [-0.05, 0) is 24.3 Å². The second kappa shape index (κ2) is 3.92.